The number of nitrogens with one attached hydrogen (secondary N) is 1. The van der Waals surface area contributed by atoms with Gasteiger partial charge in [-0.05, 0) is 29.7 Å². The molecule has 1 aliphatic rings. The fraction of sp³-hybridized carbons (Fsp3) is 0.292. The molecule has 3 aromatic rings. The van der Waals surface area contributed by atoms with Crippen molar-refractivity contribution in [2.75, 3.05) is 23.9 Å². The Kier molecular flexibility index (Phi) is 6.02. The zero-order valence-electron chi connectivity index (χ0n) is 17.7. The van der Waals surface area contributed by atoms with Gasteiger partial charge in [0.15, 0.2) is 0 Å². The third kappa shape index (κ3) is 4.60. The minimum atomic E-state index is -0.425. The van der Waals surface area contributed by atoms with Gasteiger partial charge < -0.3 is 15.0 Å². The van der Waals surface area contributed by atoms with E-state index in [1.807, 2.05) is 18.2 Å². The summed E-state index contributed by atoms with van der Waals surface area (Å²) in [5, 5.41) is 7.29. The van der Waals surface area contributed by atoms with Crippen molar-refractivity contribution in [1.82, 2.24) is 9.78 Å². The molecule has 0 bridgehead atoms. The second kappa shape index (κ2) is 9.04. The molecular formula is C24H26N4O3. The number of hydrogen-bond acceptors (Lipinski definition) is 4. The van der Waals surface area contributed by atoms with Gasteiger partial charge in [-0.3, -0.25) is 9.59 Å². The molecule has 1 N–H and O–H groups in total. The van der Waals surface area contributed by atoms with Gasteiger partial charge in [-0.15, -0.1) is 0 Å². The maximum atomic E-state index is 12.9. The molecule has 1 saturated heterocycles. The number of benzene rings is 2. The molecular weight excluding hydrogens is 392 g/mol. The first-order valence-electron chi connectivity index (χ1n) is 10.4. The number of anilines is 2. The van der Waals surface area contributed by atoms with Crippen LogP contribution in [0.3, 0.4) is 0 Å². The first kappa shape index (κ1) is 20.7. The zero-order valence-corrected chi connectivity index (χ0v) is 17.7. The highest BCUT2D eigenvalue weighted by molar-refractivity contribution is 6.03. The fourth-order valence-corrected chi connectivity index (χ4v) is 3.76. The zero-order chi connectivity index (χ0) is 21.8. The van der Waals surface area contributed by atoms with E-state index in [1.165, 1.54) is 5.56 Å². The summed E-state index contributed by atoms with van der Waals surface area (Å²) in [6, 6.07) is 17.4. The number of aromatic nitrogens is 2. The van der Waals surface area contributed by atoms with Crippen molar-refractivity contribution in [2.24, 2.45) is 5.92 Å². The van der Waals surface area contributed by atoms with E-state index in [-0.39, 0.29) is 18.2 Å². The van der Waals surface area contributed by atoms with Crippen LogP contribution in [0.1, 0.15) is 24.5 Å². The maximum Gasteiger partial charge on any atom is 0.230 e. The van der Waals surface area contributed by atoms with Crippen LogP contribution in [0.25, 0.3) is 0 Å². The lowest BCUT2D eigenvalue weighted by atomic mass is 10.1. The number of ether oxygens (including phenoxy) is 1. The Balaban J connectivity index is 1.42. The summed E-state index contributed by atoms with van der Waals surface area (Å²) in [7, 11) is 1.59. The summed E-state index contributed by atoms with van der Waals surface area (Å²) in [6.45, 7) is 3.02. The van der Waals surface area contributed by atoms with Crippen LogP contribution in [0, 0.1) is 5.92 Å². The third-order valence-corrected chi connectivity index (χ3v) is 5.59. The van der Waals surface area contributed by atoms with Gasteiger partial charge in [-0.1, -0.05) is 37.3 Å². The van der Waals surface area contributed by atoms with E-state index in [0.29, 0.717) is 24.7 Å². The Bertz CT molecular complexity index is 1070. The molecule has 1 fully saturated rings. The van der Waals surface area contributed by atoms with E-state index in [4.69, 9.17) is 4.74 Å². The predicted molar refractivity (Wildman–Crippen MR) is 119 cm³/mol. The van der Waals surface area contributed by atoms with Gasteiger partial charge in [0.25, 0.3) is 0 Å². The van der Waals surface area contributed by atoms with Crippen molar-refractivity contribution >= 4 is 23.3 Å². The van der Waals surface area contributed by atoms with E-state index >= 15 is 0 Å². The molecule has 1 unspecified atom stereocenters. The van der Waals surface area contributed by atoms with E-state index in [2.05, 4.69) is 41.6 Å². The molecule has 160 valence electrons. The number of aryl methyl sites for hydroxylation is 1. The lowest BCUT2D eigenvalue weighted by Crippen LogP contribution is -2.28. The topological polar surface area (TPSA) is 76.5 Å². The van der Waals surface area contributed by atoms with Crippen molar-refractivity contribution in [1.29, 1.82) is 0 Å². The number of methoxy groups -OCH3 is 1. The molecule has 2 amide bonds. The van der Waals surface area contributed by atoms with Crippen LogP contribution >= 0.6 is 0 Å². The van der Waals surface area contributed by atoms with Crippen molar-refractivity contribution in [3.8, 4) is 5.75 Å². The molecule has 1 aromatic heterocycles. The van der Waals surface area contributed by atoms with Crippen LogP contribution in [0.5, 0.6) is 5.75 Å². The molecule has 0 spiro atoms. The summed E-state index contributed by atoms with van der Waals surface area (Å²) in [5.41, 5.74) is 3.13. The highest BCUT2D eigenvalue weighted by Crippen LogP contribution is 2.28. The van der Waals surface area contributed by atoms with Gasteiger partial charge in [-0.25, -0.2) is 4.68 Å². The van der Waals surface area contributed by atoms with E-state index in [0.717, 1.165) is 17.7 Å². The van der Waals surface area contributed by atoms with E-state index in [1.54, 1.807) is 35.0 Å². The molecule has 1 aliphatic heterocycles. The molecule has 2 heterocycles. The van der Waals surface area contributed by atoms with Crippen molar-refractivity contribution in [3.05, 3.63) is 71.9 Å². The van der Waals surface area contributed by atoms with Gasteiger partial charge in [0, 0.05) is 30.8 Å². The lowest BCUT2D eigenvalue weighted by molar-refractivity contribution is -0.122. The molecule has 7 heteroatoms. The van der Waals surface area contributed by atoms with Crippen molar-refractivity contribution in [3.63, 3.8) is 0 Å². The number of rotatable bonds is 7. The van der Waals surface area contributed by atoms with Crippen LogP contribution in [-0.4, -0.2) is 35.2 Å². The lowest BCUT2D eigenvalue weighted by Gasteiger charge is -2.17. The summed E-state index contributed by atoms with van der Waals surface area (Å²) in [5.74, 6) is 0.622. The van der Waals surface area contributed by atoms with Crippen LogP contribution in [0.15, 0.2) is 60.8 Å². The highest BCUT2D eigenvalue weighted by Gasteiger charge is 2.35. The normalized spacial score (nSPS) is 15.9. The average molecular weight is 418 g/mol. The van der Waals surface area contributed by atoms with Crippen molar-refractivity contribution in [2.45, 2.75) is 26.3 Å². The van der Waals surface area contributed by atoms with Crippen LogP contribution < -0.4 is 15.0 Å². The minimum absolute atomic E-state index is 0.0714. The van der Waals surface area contributed by atoms with Gasteiger partial charge in [0.2, 0.25) is 11.8 Å². The first-order valence-corrected chi connectivity index (χ1v) is 10.4. The fourth-order valence-electron chi connectivity index (χ4n) is 3.76. The number of nitrogens with zero attached hydrogens (tertiary/aromatic N) is 3. The molecule has 31 heavy (non-hydrogen) atoms. The summed E-state index contributed by atoms with van der Waals surface area (Å²) in [4.78, 5) is 27.1. The van der Waals surface area contributed by atoms with E-state index < -0.39 is 5.92 Å². The molecule has 2 aromatic carbocycles. The Hall–Kier alpha value is -3.61. The number of amides is 2. The Labute approximate surface area is 181 Å². The largest absolute Gasteiger partial charge is 0.497 e. The molecule has 7 nitrogen and oxygen atoms in total. The summed E-state index contributed by atoms with van der Waals surface area (Å²) < 4.78 is 7.00. The molecule has 0 aliphatic carbocycles. The molecule has 4 rings (SSSR count). The number of hydrogen-bond donors (Lipinski definition) is 1. The predicted octanol–water partition coefficient (Wildman–Crippen LogP) is 3.49. The van der Waals surface area contributed by atoms with Crippen molar-refractivity contribution < 1.29 is 14.3 Å². The number of carbonyl (C=O) groups is 2. The van der Waals surface area contributed by atoms with Gasteiger partial charge in [0.05, 0.1) is 25.8 Å². The smallest absolute Gasteiger partial charge is 0.230 e. The monoisotopic (exact) mass is 418 g/mol. The summed E-state index contributed by atoms with van der Waals surface area (Å²) >= 11 is 0. The van der Waals surface area contributed by atoms with Gasteiger partial charge >= 0.3 is 0 Å². The SMILES string of the molecule is CCc1ccc(Cn2nccc2NC(=O)C2CC(=O)N(c3cccc(OC)c3)C2)cc1. The molecule has 0 saturated carbocycles. The van der Waals surface area contributed by atoms with Crippen LogP contribution in [-0.2, 0) is 22.6 Å². The maximum absolute atomic E-state index is 12.9. The Morgan fingerprint density at radius 3 is 2.68 bits per heavy atom. The summed E-state index contributed by atoms with van der Waals surface area (Å²) in [6.07, 6.45) is 2.84. The molecule has 1 atom stereocenters. The quantitative estimate of drug-likeness (QED) is 0.637. The Morgan fingerprint density at radius 1 is 1.16 bits per heavy atom. The second-order valence-electron chi connectivity index (χ2n) is 7.64. The third-order valence-electron chi connectivity index (χ3n) is 5.59. The molecule has 0 radical (unpaired) electrons. The average Bonchev–Trinajstić information content (AvgIpc) is 3.40. The van der Waals surface area contributed by atoms with Gasteiger partial charge in [-0.2, -0.15) is 5.10 Å². The number of carbonyl (C=O) groups excluding carboxylic acids is 2. The minimum Gasteiger partial charge on any atom is -0.497 e. The highest BCUT2D eigenvalue weighted by atomic mass is 16.5. The van der Waals surface area contributed by atoms with E-state index in [9.17, 15) is 9.59 Å². The standard InChI is InChI=1S/C24H26N4O3/c1-3-17-7-9-18(10-8-17)15-28-22(11-12-25-28)26-24(30)19-13-23(29)27(16-19)20-5-4-6-21(14-20)31-2/h4-12,14,19H,3,13,15-16H2,1-2H3,(H,26,30). The first-order chi connectivity index (χ1) is 15.1. The Morgan fingerprint density at radius 2 is 1.94 bits per heavy atom. The van der Waals surface area contributed by atoms with Gasteiger partial charge in [0.1, 0.15) is 11.6 Å². The van der Waals surface area contributed by atoms with Crippen LogP contribution in [0.2, 0.25) is 0 Å². The second-order valence-corrected chi connectivity index (χ2v) is 7.64. The van der Waals surface area contributed by atoms with Crippen LogP contribution in [0.4, 0.5) is 11.5 Å².